The molecule has 0 radical (unpaired) electrons. The lowest BCUT2D eigenvalue weighted by atomic mass is 10.1. The van der Waals surface area contributed by atoms with Gasteiger partial charge in [0.1, 0.15) is 5.82 Å². The molecule has 3 rings (SSSR count). The van der Waals surface area contributed by atoms with Gasteiger partial charge in [0.05, 0.1) is 31.7 Å². The van der Waals surface area contributed by atoms with Crippen LogP contribution in [-0.2, 0) is 6.54 Å². The molecule has 1 saturated heterocycles. The Kier molecular flexibility index (Phi) is 4.53. The number of nitrogens with zero attached hydrogens (tertiary/aromatic N) is 5. The number of hydrogen-bond acceptors (Lipinski definition) is 6. The Bertz CT molecular complexity index is 606. The van der Waals surface area contributed by atoms with Crippen LogP contribution < -0.4 is 10.1 Å². The molecule has 0 aliphatic carbocycles. The fourth-order valence-corrected chi connectivity index (χ4v) is 2.65. The number of hydrogen-bond donors (Lipinski definition) is 1. The molecule has 1 aliphatic rings. The number of rotatable bonds is 5. The van der Waals surface area contributed by atoms with Crippen molar-refractivity contribution < 1.29 is 4.74 Å². The molecule has 0 aromatic carbocycles. The van der Waals surface area contributed by atoms with Crippen LogP contribution in [0.1, 0.15) is 24.4 Å². The largest absolute Gasteiger partial charge is 0.480 e. The van der Waals surface area contributed by atoms with Crippen molar-refractivity contribution in [3.05, 3.63) is 30.4 Å². The summed E-state index contributed by atoms with van der Waals surface area (Å²) < 4.78 is 7.16. The normalized spacial score (nSPS) is 16.6. The van der Waals surface area contributed by atoms with E-state index in [2.05, 4.69) is 43.2 Å². The molecule has 1 N–H and O–H groups in total. The van der Waals surface area contributed by atoms with Crippen molar-refractivity contribution in [1.29, 1.82) is 0 Å². The molecule has 7 nitrogen and oxygen atoms in total. The van der Waals surface area contributed by atoms with Gasteiger partial charge in [0.15, 0.2) is 0 Å². The second-order valence-corrected chi connectivity index (χ2v) is 5.66. The van der Waals surface area contributed by atoms with E-state index in [1.807, 2.05) is 6.20 Å². The molecule has 7 heteroatoms. The average Bonchev–Trinajstić information content (AvgIpc) is 3.03. The van der Waals surface area contributed by atoms with Crippen LogP contribution in [0, 0.1) is 0 Å². The maximum Gasteiger partial charge on any atom is 0.233 e. The third kappa shape index (κ3) is 3.54. The second-order valence-electron chi connectivity index (χ2n) is 5.66. The van der Waals surface area contributed by atoms with Gasteiger partial charge in [0, 0.05) is 18.3 Å². The lowest BCUT2D eigenvalue weighted by Crippen LogP contribution is -2.31. The molecular weight excluding hydrogens is 280 g/mol. The minimum Gasteiger partial charge on any atom is -0.480 e. The molecule has 1 fully saturated rings. The molecule has 1 aliphatic heterocycles. The van der Waals surface area contributed by atoms with Crippen molar-refractivity contribution in [2.75, 3.05) is 32.6 Å². The summed E-state index contributed by atoms with van der Waals surface area (Å²) >= 11 is 0. The molecule has 118 valence electrons. The van der Waals surface area contributed by atoms with E-state index < -0.39 is 0 Å². The smallest absolute Gasteiger partial charge is 0.233 e. The summed E-state index contributed by atoms with van der Waals surface area (Å²) in [5.74, 6) is 1.21. The molecule has 2 aromatic rings. The SMILES string of the molecule is COc1cncc(NCc2cnn(C3CCN(C)CC3)c2)n1. The first-order valence-electron chi connectivity index (χ1n) is 7.56. The third-order valence-electron chi connectivity index (χ3n) is 4.01. The van der Waals surface area contributed by atoms with Gasteiger partial charge in [0.2, 0.25) is 5.88 Å². The molecule has 0 atom stereocenters. The van der Waals surface area contributed by atoms with E-state index in [4.69, 9.17) is 4.74 Å². The molecule has 0 saturated carbocycles. The summed E-state index contributed by atoms with van der Waals surface area (Å²) in [5, 5.41) is 7.75. The highest BCUT2D eigenvalue weighted by Gasteiger charge is 2.18. The van der Waals surface area contributed by atoms with E-state index in [0.717, 1.165) is 31.5 Å². The fourth-order valence-electron chi connectivity index (χ4n) is 2.65. The zero-order valence-electron chi connectivity index (χ0n) is 13.1. The fraction of sp³-hybridized carbons (Fsp3) is 0.533. The predicted molar refractivity (Wildman–Crippen MR) is 83.9 cm³/mol. The highest BCUT2D eigenvalue weighted by Crippen LogP contribution is 2.21. The molecule has 2 aromatic heterocycles. The van der Waals surface area contributed by atoms with Crippen molar-refractivity contribution in [2.45, 2.75) is 25.4 Å². The van der Waals surface area contributed by atoms with E-state index in [-0.39, 0.29) is 0 Å². The number of aromatic nitrogens is 4. The monoisotopic (exact) mass is 302 g/mol. The molecule has 0 amide bonds. The van der Waals surface area contributed by atoms with Gasteiger partial charge in [-0.1, -0.05) is 0 Å². The first kappa shape index (κ1) is 14.8. The van der Waals surface area contributed by atoms with Crippen LogP contribution in [0.4, 0.5) is 5.82 Å². The van der Waals surface area contributed by atoms with Gasteiger partial charge in [0.25, 0.3) is 0 Å². The zero-order chi connectivity index (χ0) is 15.4. The van der Waals surface area contributed by atoms with Gasteiger partial charge < -0.3 is 15.0 Å². The summed E-state index contributed by atoms with van der Waals surface area (Å²) in [6.45, 7) is 2.95. The molecule has 3 heterocycles. The molecule has 0 unspecified atom stereocenters. The Balaban J connectivity index is 1.57. The van der Waals surface area contributed by atoms with Crippen molar-refractivity contribution in [3.8, 4) is 5.88 Å². The first-order chi connectivity index (χ1) is 10.7. The minimum absolute atomic E-state index is 0.507. The quantitative estimate of drug-likeness (QED) is 0.904. The highest BCUT2D eigenvalue weighted by molar-refractivity contribution is 5.34. The van der Waals surface area contributed by atoms with E-state index >= 15 is 0 Å². The summed E-state index contributed by atoms with van der Waals surface area (Å²) in [7, 11) is 3.75. The second kappa shape index (κ2) is 6.74. The molecule has 0 spiro atoms. The highest BCUT2D eigenvalue weighted by atomic mass is 16.5. The number of piperidine rings is 1. The maximum atomic E-state index is 5.06. The average molecular weight is 302 g/mol. The van der Waals surface area contributed by atoms with E-state index in [0.29, 0.717) is 24.3 Å². The Hall–Kier alpha value is -2.15. The van der Waals surface area contributed by atoms with Gasteiger partial charge in [-0.2, -0.15) is 10.1 Å². The topological polar surface area (TPSA) is 68.1 Å². The Morgan fingerprint density at radius 2 is 2.09 bits per heavy atom. The summed E-state index contributed by atoms with van der Waals surface area (Å²) in [6, 6.07) is 0.515. The molecular formula is C15H22N6O. The first-order valence-corrected chi connectivity index (χ1v) is 7.56. The van der Waals surface area contributed by atoms with Crippen LogP contribution in [0.25, 0.3) is 0 Å². The van der Waals surface area contributed by atoms with Crippen molar-refractivity contribution in [1.82, 2.24) is 24.6 Å². The van der Waals surface area contributed by atoms with Crippen LogP contribution in [0.2, 0.25) is 0 Å². The number of nitrogens with one attached hydrogen (secondary N) is 1. The lowest BCUT2D eigenvalue weighted by molar-refractivity contribution is 0.212. The zero-order valence-corrected chi connectivity index (χ0v) is 13.1. The van der Waals surface area contributed by atoms with Crippen LogP contribution in [0.5, 0.6) is 5.88 Å². The van der Waals surface area contributed by atoms with Crippen LogP contribution in [0.3, 0.4) is 0 Å². The summed E-state index contributed by atoms with van der Waals surface area (Å²) in [6.07, 6.45) is 9.63. The minimum atomic E-state index is 0.507. The summed E-state index contributed by atoms with van der Waals surface area (Å²) in [5.41, 5.74) is 1.14. The summed E-state index contributed by atoms with van der Waals surface area (Å²) in [4.78, 5) is 10.7. The number of likely N-dealkylation sites (tertiary alicyclic amines) is 1. The van der Waals surface area contributed by atoms with Gasteiger partial charge >= 0.3 is 0 Å². The standard InChI is InChI=1S/C15H22N6O/c1-20-5-3-13(4-6-20)21-11-12(8-18-21)7-17-14-9-16-10-15(19-14)22-2/h8-11,13H,3-7H2,1-2H3,(H,17,19). The molecule has 22 heavy (non-hydrogen) atoms. The Morgan fingerprint density at radius 1 is 1.27 bits per heavy atom. The third-order valence-corrected chi connectivity index (χ3v) is 4.01. The number of anilines is 1. The van der Waals surface area contributed by atoms with Gasteiger partial charge in [-0.3, -0.25) is 9.67 Å². The van der Waals surface area contributed by atoms with Crippen LogP contribution >= 0.6 is 0 Å². The van der Waals surface area contributed by atoms with Crippen molar-refractivity contribution >= 4 is 5.82 Å². The lowest BCUT2D eigenvalue weighted by Gasteiger charge is -2.28. The van der Waals surface area contributed by atoms with Gasteiger partial charge in [-0.15, -0.1) is 0 Å². The van der Waals surface area contributed by atoms with Gasteiger partial charge in [-0.05, 0) is 33.0 Å². The predicted octanol–water partition coefficient (Wildman–Crippen LogP) is 1.56. The van der Waals surface area contributed by atoms with Crippen LogP contribution in [0.15, 0.2) is 24.8 Å². The van der Waals surface area contributed by atoms with Gasteiger partial charge in [-0.25, -0.2) is 0 Å². The van der Waals surface area contributed by atoms with Crippen molar-refractivity contribution in [2.24, 2.45) is 0 Å². The van der Waals surface area contributed by atoms with E-state index in [1.54, 1.807) is 19.5 Å². The molecule has 0 bridgehead atoms. The maximum absolute atomic E-state index is 5.06. The Labute approximate surface area is 130 Å². The van der Waals surface area contributed by atoms with E-state index in [9.17, 15) is 0 Å². The van der Waals surface area contributed by atoms with E-state index in [1.165, 1.54) is 0 Å². The van der Waals surface area contributed by atoms with Crippen molar-refractivity contribution in [3.63, 3.8) is 0 Å². The number of methoxy groups -OCH3 is 1. The number of ether oxygens (including phenoxy) is 1. The van der Waals surface area contributed by atoms with Crippen LogP contribution in [-0.4, -0.2) is 51.9 Å². The Morgan fingerprint density at radius 3 is 2.86 bits per heavy atom.